The van der Waals surface area contributed by atoms with Crippen LogP contribution in [0.25, 0.3) is 0 Å². The molecule has 1 aliphatic rings. The molecule has 2 atom stereocenters. The number of methoxy groups -OCH3 is 1. The molecule has 0 bridgehead atoms. The van der Waals surface area contributed by atoms with Crippen LogP contribution in [0.3, 0.4) is 0 Å². The summed E-state index contributed by atoms with van der Waals surface area (Å²) in [5.74, 6) is 0.734. The lowest BCUT2D eigenvalue weighted by Crippen LogP contribution is -2.36. The predicted octanol–water partition coefficient (Wildman–Crippen LogP) is 3.03. The number of fused-ring (bicyclic) bond motifs is 1. The average Bonchev–Trinajstić information content (AvgIpc) is 2.51. The van der Waals surface area contributed by atoms with Gasteiger partial charge in [-0.1, -0.05) is 23.7 Å². The van der Waals surface area contributed by atoms with Gasteiger partial charge >= 0.3 is 0 Å². The lowest BCUT2D eigenvalue weighted by atomic mass is 9.93. The molecule has 0 radical (unpaired) electrons. The van der Waals surface area contributed by atoms with Crippen LogP contribution in [0.4, 0.5) is 0 Å². The molecular formula is C16H13ClO4. The zero-order valence-corrected chi connectivity index (χ0v) is 12.0. The molecule has 4 nitrogen and oxygen atoms in total. The zero-order valence-electron chi connectivity index (χ0n) is 11.2. The summed E-state index contributed by atoms with van der Waals surface area (Å²) in [6.07, 6.45) is -2.00. The Morgan fingerprint density at radius 3 is 2.57 bits per heavy atom. The van der Waals surface area contributed by atoms with Gasteiger partial charge in [-0.05, 0) is 35.9 Å². The normalized spacial score (nSPS) is 20.6. The number of aliphatic hydroxyl groups excluding tert-OH is 1. The third-order valence-electron chi connectivity index (χ3n) is 3.46. The maximum Gasteiger partial charge on any atom is 0.199 e. The molecule has 0 amide bonds. The Morgan fingerprint density at radius 2 is 1.90 bits per heavy atom. The molecule has 1 heterocycles. The number of carbonyl (C=O) groups is 1. The van der Waals surface area contributed by atoms with Crippen molar-refractivity contribution in [1.82, 2.24) is 0 Å². The van der Waals surface area contributed by atoms with Crippen molar-refractivity contribution < 1.29 is 19.4 Å². The predicted molar refractivity (Wildman–Crippen MR) is 78.2 cm³/mol. The van der Waals surface area contributed by atoms with Gasteiger partial charge < -0.3 is 14.6 Å². The van der Waals surface area contributed by atoms with E-state index in [9.17, 15) is 9.90 Å². The number of carbonyl (C=O) groups excluding carboxylic acids is 1. The fraction of sp³-hybridized carbons (Fsp3) is 0.188. The average molecular weight is 305 g/mol. The molecule has 0 saturated carbocycles. The molecule has 21 heavy (non-hydrogen) atoms. The summed E-state index contributed by atoms with van der Waals surface area (Å²) in [7, 11) is 1.57. The van der Waals surface area contributed by atoms with Crippen molar-refractivity contribution in [1.29, 1.82) is 0 Å². The highest BCUT2D eigenvalue weighted by Crippen LogP contribution is 2.36. The van der Waals surface area contributed by atoms with Gasteiger partial charge in [0.2, 0.25) is 0 Å². The summed E-state index contributed by atoms with van der Waals surface area (Å²) >= 11 is 5.87. The minimum absolute atomic E-state index is 0.305. The van der Waals surface area contributed by atoms with Gasteiger partial charge in [0, 0.05) is 5.02 Å². The summed E-state index contributed by atoms with van der Waals surface area (Å²) in [4.78, 5) is 12.3. The van der Waals surface area contributed by atoms with Crippen molar-refractivity contribution in [2.75, 3.05) is 7.11 Å². The monoisotopic (exact) mass is 304 g/mol. The highest BCUT2D eigenvalue weighted by Gasteiger charge is 2.36. The maximum absolute atomic E-state index is 12.3. The van der Waals surface area contributed by atoms with Crippen LogP contribution < -0.4 is 9.47 Å². The molecule has 0 spiro atoms. The molecule has 0 aromatic heterocycles. The zero-order chi connectivity index (χ0) is 15.0. The number of ether oxygens (including phenoxy) is 2. The molecule has 1 aliphatic heterocycles. The van der Waals surface area contributed by atoms with Crippen molar-refractivity contribution in [3.8, 4) is 11.5 Å². The highest BCUT2D eigenvalue weighted by molar-refractivity contribution is 6.31. The molecule has 2 aromatic carbocycles. The van der Waals surface area contributed by atoms with Gasteiger partial charge in [-0.3, -0.25) is 4.79 Å². The van der Waals surface area contributed by atoms with Crippen LogP contribution in [0.1, 0.15) is 22.0 Å². The Hall–Kier alpha value is -2.04. The number of halogens is 1. The lowest BCUT2D eigenvalue weighted by Gasteiger charge is -2.29. The fourth-order valence-electron chi connectivity index (χ4n) is 2.34. The second-order valence-corrected chi connectivity index (χ2v) is 5.20. The van der Waals surface area contributed by atoms with Crippen LogP contribution in [0.15, 0.2) is 42.5 Å². The van der Waals surface area contributed by atoms with Crippen LogP contribution in [-0.4, -0.2) is 24.1 Å². The summed E-state index contributed by atoms with van der Waals surface area (Å²) in [6, 6.07) is 11.8. The minimum Gasteiger partial charge on any atom is -0.497 e. The Kier molecular flexibility index (Phi) is 3.57. The van der Waals surface area contributed by atoms with Crippen LogP contribution in [-0.2, 0) is 0 Å². The van der Waals surface area contributed by atoms with Crippen LogP contribution >= 0.6 is 11.6 Å². The van der Waals surface area contributed by atoms with E-state index in [1.54, 1.807) is 43.5 Å². The van der Waals surface area contributed by atoms with Gasteiger partial charge in [-0.2, -0.15) is 0 Å². The van der Waals surface area contributed by atoms with E-state index < -0.39 is 12.2 Å². The van der Waals surface area contributed by atoms with Crippen molar-refractivity contribution in [3.05, 3.63) is 58.6 Å². The smallest absolute Gasteiger partial charge is 0.199 e. The van der Waals surface area contributed by atoms with Gasteiger partial charge in [0.1, 0.15) is 11.5 Å². The minimum atomic E-state index is -1.26. The first-order valence-corrected chi connectivity index (χ1v) is 6.80. The summed E-state index contributed by atoms with van der Waals surface area (Å²) in [5.41, 5.74) is 1.01. The van der Waals surface area contributed by atoms with Crippen LogP contribution in [0.2, 0.25) is 5.02 Å². The van der Waals surface area contributed by atoms with Gasteiger partial charge in [-0.15, -0.1) is 0 Å². The first kappa shape index (κ1) is 13.9. The van der Waals surface area contributed by atoms with Gasteiger partial charge in [0.25, 0.3) is 0 Å². The Balaban J connectivity index is 1.97. The van der Waals surface area contributed by atoms with Crippen molar-refractivity contribution >= 4 is 17.4 Å². The summed E-state index contributed by atoms with van der Waals surface area (Å²) in [6.45, 7) is 0. The molecule has 5 heteroatoms. The van der Waals surface area contributed by atoms with E-state index in [0.29, 0.717) is 27.6 Å². The third-order valence-corrected chi connectivity index (χ3v) is 3.70. The van der Waals surface area contributed by atoms with Gasteiger partial charge in [0.15, 0.2) is 18.0 Å². The first-order valence-electron chi connectivity index (χ1n) is 6.42. The van der Waals surface area contributed by atoms with E-state index in [2.05, 4.69) is 0 Å². The molecule has 0 aliphatic carbocycles. The van der Waals surface area contributed by atoms with Gasteiger partial charge in [-0.25, -0.2) is 0 Å². The largest absolute Gasteiger partial charge is 0.497 e. The van der Waals surface area contributed by atoms with Crippen molar-refractivity contribution in [2.45, 2.75) is 12.2 Å². The number of ketones is 1. The number of benzene rings is 2. The quantitative estimate of drug-likeness (QED) is 0.926. The van der Waals surface area contributed by atoms with Gasteiger partial charge in [0.05, 0.1) is 12.7 Å². The number of aliphatic hydroxyl groups is 1. The standard InChI is InChI=1S/C16H13ClO4/c1-20-11-5-2-9(3-6-11)16-15(19)14(18)12-8-10(17)4-7-13(12)21-16/h2-8,15-16,19H,1H3. The van der Waals surface area contributed by atoms with Crippen molar-refractivity contribution in [2.24, 2.45) is 0 Å². The Bertz CT molecular complexity index is 681. The molecular weight excluding hydrogens is 292 g/mol. The first-order chi connectivity index (χ1) is 10.1. The molecule has 3 rings (SSSR count). The molecule has 0 saturated heterocycles. The van der Waals surface area contributed by atoms with E-state index in [-0.39, 0.29) is 5.78 Å². The Morgan fingerprint density at radius 1 is 1.19 bits per heavy atom. The summed E-state index contributed by atoms with van der Waals surface area (Å²) in [5, 5.41) is 10.6. The van der Waals surface area contributed by atoms with Crippen molar-refractivity contribution in [3.63, 3.8) is 0 Å². The summed E-state index contributed by atoms with van der Waals surface area (Å²) < 4.78 is 10.8. The molecule has 108 valence electrons. The number of rotatable bonds is 2. The molecule has 2 aromatic rings. The van der Waals surface area contributed by atoms with E-state index >= 15 is 0 Å². The molecule has 0 fully saturated rings. The SMILES string of the molecule is COc1ccc(C2Oc3ccc(Cl)cc3C(=O)C2O)cc1. The van der Waals surface area contributed by atoms with E-state index in [0.717, 1.165) is 0 Å². The number of hydrogen-bond acceptors (Lipinski definition) is 4. The van der Waals surface area contributed by atoms with E-state index in [1.165, 1.54) is 6.07 Å². The molecule has 1 N–H and O–H groups in total. The highest BCUT2D eigenvalue weighted by atomic mass is 35.5. The number of Topliss-reactive ketones (excluding diaryl/α,β-unsaturated/α-hetero) is 1. The van der Waals surface area contributed by atoms with Crippen LogP contribution in [0, 0.1) is 0 Å². The maximum atomic E-state index is 12.3. The topological polar surface area (TPSA) is 55.8 Å². The fourth-order valence-corrected chi connectivity index (χ4v) is 2.51. The van der Waals surface area contributed by atoms with E-state index in [1.807, 2.05) is 0 Å². The second-order valence-electron chi connectivity index (χ2n) is 4.76. The van der Waals surface area contributed by atoms with Crippen LogP contribution in [0.5, 0.6) is 11.5 Å². The lowest BCUT2D eigenvalue weighted by molar-refractivity contribution is 0.0216. The number of hydrogen-bond donors (Lipinski definition) is 1. The Labute approximate surface area is 126 Å². The third kappa shape index (κ3) is 2.48. The second kappa shape index (κ2) is 5.39. The molecule has 2 unspecified atom stereocenters. The van der Waals surface area contributed by atoms with E-state index in [4.69, 9.17) is 21.1 Å².